The molecule has 0 radical (unpaired) electrons. The van der Waals surface area contributed by atoms with E-state index in [0.29, 0.717) is 16.5 Å². The van der Waals surface area contributed by atoms with E-state index in [0.717, 1.165) is 44.7 Å². The highest BCUT2D eigenvalue weighted by Crippen LogP contribution is 2.37. The minimum absolute atomic E-state index is 0.216. The van der Waals surface area contributed by atoms with Crippen LogP contribution in [-0.4, -0.2) is 21.8 Å². The van der Waals surface area contributed by atoms with E-state index < -0.39 is 4.87 Å². The molecule has 1 aromatic heterocycles. The average Bonchev–Trinajstić information content (AvgIpc) is 3.30. The Bertz CT molecular complexity index is 1280. The fourth-order valence-electron chi connectivity index (χ4n) is 3.67. The van der Waals surface area contributed by atoms with Gasteiger partial charge in [0.1, 0.15) is 6.54 Å². The number of hydrogen-bond acceptors (Lipinski definition) is 5. The molecule has 0 saturated heterocycles. The molecule has 7 heteroatoms. The van der Waals surface area contributed by atoms with Gasteiger partial charge in [0.15, 0.2) is 0 Å². The van der Waals surface area contributed by atoms with Gasteiger partial charge in [0.25, 0.3) is 0 Å². The van der Waals surface area contributed by atoms with Crippen LogP contribution in [0.4, 0.5) is 11.4 Å². The van der Waals surface area contributed by atoms with Crippen LogP contribution in [0.5, 0.6) is 5.88 Å². The van der Waals surface area contributed by atoms with E-state index in [9.17, 15) is 14.7 Å². The minimum atomic E-state index is -0.392. The second-order valence-electron chi connectivity index (χ2n) is 7.99. The van der Waals surface area contributed by atoms with Crippen molar-refractivity contribution in [2.24, 2.45) is 4.99 Å². The second-order valence-corrected chi connectivity index (χ2v) is 8.98. The third-order valence-corrected chi connectivity index (χ3v) is 6.40. The molecule has 0 unspecified atom stereocenters. The summed E-state index contributed by atoms with van der Waals surface area (Å²) in [6.45, 7) is 6.02. The molecule has 2 aromatic carbocycles. The minimum Gasteiger partial charge on any atom is -0.493 e. The third-order valence-electron chi connectivity index (χ3n) is 5.49. The SMILES string of the molecule is CCc1cccc2c1N=CC2=Cc1sc(=O)n(CC(=O)Nc2ccc(C(C)C)cc2)c1O. The summed E-state index contributed by atoms with van der Waals surface area (Å²) < 4.78 is 1.09. The van der Waals surface area contributed by atoms with Gasteiger partial charge in [-0.05, 0) is 41.7 Å². The Hall–Kier alpha value is -3.45. The van der Waals surface area contributed by atoms with Crippen molar-refractivity contribution in [2.75, 3.05) is 5.32 Å². The van der Waals surface area contributed by atoms with Crippen molar-refractivity contribution in [3.63, 3.8) is 0 Å². The number of fused-ring (bicyclic) bond motifs is 1. The van der Waals surface area contributed by atoms with Crippen LogP contribution in [0.15, 0.2) is 52.3 Å². The lowest BCUT2D eigenvalue weighted by atomic mass is 10.0. The molecule has 0 saturated carbocycles. The number of nitrogens with one attached hydrogen (secondary N) is 1. The molecule has 0 spiro atoms. The van der Waals surface area contributed by atoms with Gasteiger partial charge in [0.2, 0.25) is 11.8 Å². The highest BCUT2D eigenvalue weighted by Gasteiger charge is 2.19. The van der Waals surface area contributed by atoms with E-state index in [1.165, 1.54) is 5.56 Å². The predicted octanol–water partition coefficient (Wildman–Crippen LogP) is 5.20. The Kier molecular flexibility index (Phi) is 6.10. The maximum Gasteiger partial charge on any atom is 0.311 e. The van der Waals surface area contributed by atoms with Gasteiger partial charge in [-0.25, -0.2) is 0 Å². The Labute approximate surface area is 190 Å². The Morgan fingerprint density at radius 2 is 1.97 bits per heavy atom. The number of allylic oxidation sites excluding steroid dienone is 1. The zero-order valence-electron chi connectivity index (χ0n) is 18.3. The van der Waals surface area contributed by atoms with Crippen molar-refractivity contribution < 1.29 is 9.90 Å². The first kappa shape index (κ1) is 21.8. The number of nitrogens with zero attached hydrogens (tertiary/aromatic N) is 2. The van der Waals surface area contributed by atoms with E-state index in [1.807, 2.05) is 42.5 Å². The molecule has 4 rings (SSSR count). The van der Waals surface area contributed by atoms with Crippen LogP contribution in [0, 0.1) is 0 Å². The van der Waals surface area contributed by atoms with Gasteiger partial charge in [0, 0.05) is 23.0 Å². The van der Waals surface area contributed by atoms with Crippen molar-refractivity contribution in [1.82, 2.24) is 4.57 Å². The number of benzene rings is 2. The number of aromatic nitrogens is 1. The summed E-state index contributed by atoms with van der Waals surface area (Å²) in [5.74, 6) is -0.192. The summed E-state index contributed by atoms with van der Waals surface area (Å²) >= 11 is 0.905. The van der Waals surface area contributed by atoms with Gasteiger partial charge in [0.05, 0.1) is 10.6 Å². The van der Waals surface area contributed by atoms with Gasteiger partial charge < -0.3 is 10.4 Å². The predicted molar refractivity (Wildman–Crippen MR) is 131 cm³/mol. The number of aromatic hydroxyl groups is 1. The van der Waals surface area contributed by atoms with Crippen LogP contribution < -0.4 is 10.2 Å². The first-order valence-electron chi connectivity index (χ1n) is 10.6. The molecular weight excluding hydrogens is 422 g/mol. The van der Waals surface area contributed by atoms with Gasteiger partial charge in [-0.3, -0.25) is 19.1 Å². The van der Waals surface area contributed by atoms with E-state index in [2.05, 4.69) is 31.1 Å². The average molecular weight is 448 g/mol. The van der Waals surface area contributed by atoms with Crippen LogP contribution >= 0.6 is 11.3 Å². The summed E-state index contributed by atoms with van der Waals surface area (Å²) in [5.41, 5.74) is 5.70. The zero-order chi connectivity index (χ0) is 22.8. The number of carbonyl (C=O) groups is 1. The largest absolute Gasteiger partial charge is 0.493 e. The number of rotatable bonds is 6. The van der Waals surface area contributed by atoms with Gasteiger partial charge in [-0.1, -0.05) is 62.4 Å². The Morgan fingerprint density at radius 3 is 2.66 bits per heavy atom. The normalized spacial score (nSPS) is 13.7. The molecule has 0 bridgehead atoms. The van der Waals surface area contributed by atoms with Crippen LogP contribution in [0.1, 0.15) is 48.3 Å². The van der Waals surface area contributed by atoms with Gasteiger partial charge in [-0.2, -0.15) is 0 Å². The number of anilines is 1. The topological polar surface area (TPSA) is 83.7 Å². The van der Waals surface area contributed by atoms with Crippen LogP contribution in [-0.2, 0) is 17.8 Å². The number of hydrogen-bond donors (Lipinski definition) is 2. The van der Waals surface area contributed by atoms with Crippen molar-refractivity contribution >= 4 is 46.5 Å². The number of aryl methyl sites for hydroxylation is 1. The molecule has 0 fully saturated rings. The van der Waals surface area contributed by atoms with Crippen molar-refractivity contribution in [1.29, 1.82) is 0 Å². The third kappa shape index (κ3) is 4.29. The lowest BCUT2D eigenvalue weighted by Gasteiger charge is -2.09. The standard InChI is InChI=1S/C25H25N3O3S/c1-4-16-6-5-7-20-18(13-26-23(16)20)12-21-24(30)28(25(31)32-21)14-22(29)27-19-10-8-17(9-11-19)15(2)3/h5-13,15,30H,4,14H2,1-3H3,(H,27,29). The van der Waals surface area contributed by atoms with Crippen LogP contribution in [0.2, 0.25) is 0 Å². The lowest BCUT2D eigenvalue weighted by Crippen LogP contribution is -2.24. The van der Waals surface area contributed by atoms with E-state index in [-0.39, 0.29) is 18.3 Å². The van der Waals surface area contributed by atoms with Crippen LogP contribution in [0.25, 0.3) is 11.6 Å². The summed E-state index contributed by atoms with van der Waals surface area (Å²) in [7, 11) is 0. The molecular formula is C25H25N3O3S. The number of amides is 1. The molecule has 1 amide bonds. The summed E-state index contributed by atoms with van der Waals surface area (Å²) in [6, 6.07) is 13.6. The van der Waals surface area contributed by atoms with Crippen molar-refractivity contribution in [3.05, 3.63) is 73.7 Å². The lowest BCUT2D eigenvalue weighted by molar-refractivity contribution is -0.116. The molecule has 3 aromatic rings. The highest BCUT2D eigenvalue weighted by molar-refractivity contribution is 7.10. The second kappa shape index (κ2) is 8.96. The Morgan fingerprint density at radius 1 is 1.22 bits per heavy atom. The summed E-state index contributed by atoms with van der Waals surface area (Å²) in [6.07, 6.45) is 4.36. The number of para-hydroxylation sites is 1. The maximum atomic E-state index is 12.5. The molecule has 32 heavy (non-hydrogen) atoms. The Balaban J connectivity index is 1.53. The van der Waals surface area contributed by atoms with Crippen molar-refractivity contribution in [2.45, 2.75) is 39.7 Å². The molecule has 1 aliphatic heterocycles. The summed E-state index contributed by atoms with van der Waals surface area (Å²) in [5, 5.41) is 13.4. The molecule has 1 aliphatic rings. The van der Waals surface area contributed by atoms with E-state index in [1.54, 1.807) is 12.3 Å². The maximum absolute atomic E-state index is 12.5. The molecule has 0 atom stereocenters. The van der Waals surface area contributed by atoms with Gasteiger partial charge >= 0.3 is 4.87 Å². The van der Waals surface area contributed by atoms with Crippen molar-refractivity contribution in [3.8, 4) is 5.88 Å². The quantitative estimate of drug-likeness (QED) is 0.545. The zero-order valence-corrected chi connectivity index (χ0v) is 19.1. The molecule has 2 heterocycles. The van der Waals surface area contributed by atoms with Crippen LogP contribution in [0.3, 0.4) is 0 Å². The van der Waals surface area contributed by atoms with E-state index in [4.69, 9.17) is 0 Å². The smallest absolute Gasteiger partial charge is 0.311 e. The summed E-state index contributed by atoms with van der Waals surface area (Å²) in [4.78, 5) is 29.5. The first-order valence-corrected chi connectivity index (χ1v) is 11.4. The fourth-order valence-corrected chi connectivity index (χ4v) is 4.50. The number of carbonyl (C=O) groups excluding carboxylic acids is 1. The highest BCUT2D eigenvalue weighted by atomic mass is 32.1. The molecule has 0 aliphatic carbocycles. The monoisotopic (exact) mass is 447 g/mol. The molecule has 2 N–H and O–H groups in total. The fraction of sp³-hybridized carbons (Fsp3) is 0.240. The van der Waals surface area contributed by atoms with Gasteiger partial charge in [-0.15, -0.1) is 0 Å². The number of thiazole rings is 1. The molecule has 164 valence electrons. The first-order chi connectivity index (χ1) is 15.4. The number of aliphatic imine (C=N–C) groups is 1. The molecule has 6 nitrogen and oxygen atoms in total. The van der Waals surface area contributed by atoms with E-state index >= 15 is 0 Å².